The van der Waals surface area contributed by atoms with Gasteiger partial charge in [-0.3, -0.25) is 4.79 Å². The summed E-state index contributed by atoms with van der Waals surface area (Å²) < 4.78 is 8.49. The minimum atomic E-state index is 0.0110. The Kier molecular flexibility index (Phi) is 4.81. The van der Waals surface area contributed by atoms with Crippen molar-refractivity contribution in [1.82, 2.24) is 4.57 Å². The third-order valence-electron chi connectivity index (χ3n) is 6.62. The van der Waals surface area contributed by atoms with Crippen LogP contribution in [0.3, 0.4) is 0 Å². The second kappa shape index (κ2) is 7.09. The third kappa shape index (κ3) is 3.28. The number of benzene rings is 1. The molecule has 0 N–H and O–H groups in total. The summed E-state index contributed by atoms with van der Waals surface area (Å²) >= 11 is 0. The molecule has 0 radical (unpaired) electrons. The highest BCUT2D eigenvalue weighted by Crippen LogP contribution is 2.36. The van der Waals surface area contributed by atoms with Gasteiger partial charge in [0, 0.05) is 24.2 Å². The smallest absolute Gasteiger partial charge is 0.309 e. The highest BCUT2D eigenvalue weighted by molar-refractivity contribution is 5.82. The molecule has 140 valence electrons. The van der Waals surface area contributed by atoms with Crippen molar-refractivity contribution in [2.24, 2.45) is 23.7 Å². The summed E-state index contributed by atoms with van der Waals surface area (Å²) in [7, 11) is 0. The van der Waals surface area contributed by atoms with E-state index in [0.29, 0.717) is 17.8 Å². The summed E-state index contributed by atoms with van der Waals surface area (Å²) in [5.74, 6) is 1.80. The van der Waals surface area contributed by atoms with E-state index >= 15 is 0 Å². The third-order valence-corrected chi connectivity index (χ3v) is 6.62. The van der Waals surface area contributed by atoms with Crippen LogP contribution >= 0.6 is 0 Å². The van der Waals surface area contributed by atoms with Gasteiger partial charge < -0.3 is 9.30 Å². The van der Waals surface area contributed by atoms with Crippen molar-refractivity contribution in [2.45, 2.75) is 65.5 Å². The van der Waals surface area contributed by atoms with Crippen LogP contribution in [0.25, 0.3) is 10.9 Å². The SMILES string of the molecule is CC1CCC(C(C)C)C(OC(=O)[C@H]2CCn3c(cc4ccccc43)C2)C1. The minimum absolute atomic E-state index is 0.0110. The van der Waals surface area contributed by atoms with E-state index in [9.17, 15) is 4.79 Å². The Bertz CT molecular complexity index is 791. The molecule has 0 amide bonds. The van der Waals surface area contributed by atoms with Crippen LogP contribution in [0.2, 0.25) is 0 Å². The van der Waals surface area contributed by atoms with Gasteiger partial charge in [-0.2, -0.15) is 0 Å². The number of ether oxygens (including phenoxy) is 1. The van der Waals surface area contributed by atoms with E-state index in [-0.39, 0.29) is 18.0 Å². The number of para-hydroxylation sites is 1. The topological polar surface area (TPSA) is 31.2 Å². The summed E-state index contributed by atoms with van der Waals surface area (Å²) in [5.41, 5.74) is 2.56. The van der Waals surface area contributed by atoms with Crippen molar-refractivity contribution in [3.05, 3.63) is 36.0 Å². The highest BCUT2D eigenvalue weighted by atomic mass is 16.5. The zero-order valence-electron chi connectivity index (χ0n) is 16.3. The van der Waals surface area contributed by atoms with Gasteiger partial charge >= 0.3 is 5.97 Å². The summed E-state index contributed by atoms with van der Waals surface area (Å²) in [6.07, 6.45) is 5.29. The predicted octanol–water partition coefficient (Wildman–Crippen LogP) is 5.21. The average Bonchev–Trinajstić information content (AvgIpc) is 2.99. The summed E-state index contributed by atoms with van der Waals surface area (Å²) in [6.45, 7) is 7.73. The molecule has 4 rings (SSSR count). The van der Waals surface area contributed by atoms with Crippen LogP contribution in [-0.2, 0) is 22.5 Å². The number of aromatic nitrogens is 1. The lowest BCUT2D eigenvalue weighted by Gasteiger charge is -2.37. The average molecular weight is 354 g/mol. The van der Waals surface area contributed by atoms with Crippen molar-refractivity contribution < 1.29 is 9.53 Å². The predicted molar refractivity (Wildman–Crippen MR) is 105 cm³/mol. The van der Waals surface area contributed by atoms with Gasteiger partial charge in [0.25, 0.3) is 0 Å². The molecule has 1 saturated carbocycles. The number of carbonyl (C=O) groups excluding carboxylic acids is 1. The van der Waals surface area contributed by atoms with Crippen LogP contribution in [0, 0.1) is 23.7 Å². The number of carbonyl (C=O) groups is 1. The van der Waals surface area contributed by atoms with Crippen LogP contribution in [0.5, 0.6) is 0 Å². The molecule has 2 aliphatic rings. The van der Waals surface area contributed by atoms with Gasteiger partial charge in [-0.15, -0.1) is 0 Å². The molecule has 3 nitrogen and oxygen atoms in total. The Morgan fingerprint density at radius 3 is 2.81 bits per heavy atom. The lowest BCUT2D eigenvalue weighted by Crippen LogP contribution is -2.38. The molecule has 2 heterocycles. The molecule has 3 heteroatoms. The van der Waals surface area contributed by atoms with E-state index in [1.807, 2.05) is 0 Å². The quantitative estimate of drug-likeness (QED) is 0.710. The lowest BCUT2D eigenvalue weighted by molar-refractivity contribution is -0.161. The molecule has 3 unspecified atom stereocenters. The number of hydrogen-bond donors (Lipinski definition) is 0. The van der Waals surface area contributed by atoms with Gasteiger partial charge in [0.1, 0.15) is 6.10 Å². The Balaban J connectivity index is 1.47. The zero-order chi connectivity index (χ0) is 18.3. The lowest BCUT2D eigenvalue weighted by atomic mass is 9.75. The van der Waals surface area contributed by atoms with Crippen LogP contribution < -0.4 is 0 Å². The molecule has 1 fully saturated rings. The van der Waals surface area contributed by atoms with Crippen molar-refractivity contribution in [2.75, 3.05) is 0 Å². The first-order valence-corrected chi connectivity index (χ1v) is 10.3. The number of hydrogen-bond acceptors (Lipinski definition) is 2. The summed E-state index contributed by atoms with van der Waals surface area (Å²) in [5, 5.41) is 1.28. The van der Waals surface area contributed by atoms with Crippen LogP contribution in [0.4, 0.5) is 0 Å². The molecule has 1 aromatic carbocycles. The maximum atomic E-state index is 12.9. The Hall–Kier alpha value is -1.77. The number of esters is 1. The van der Waals surface area contributed by atoms with Gasteiger partial charge in [-0.1, -0.05) is 45.4 Å². The summed E-state index contributed by atoms with van der Waals surface area (Å²) in [4.78, 5) is 12.9. The second-order valence-electron chi connectivity index (χ2n) is 8.84. The van der Waals surface area contributed by atoms with Gasteiger partial charge in [0.15, 0.2) is 0 Å². The largest absolute Gasteiger partial charge is 0.462 e. The molecule has 0 bridgehead atoms. The van der Waals surface area contributed by atoms with Gasteiger partial charge in [0.2, 0.25) is 0 Å². The molecule has 1 aromatic heterocycles. The highest BCUT2D eigenvalue weighted by Gasteiger charge is 2.36. The van der Waals surface area contributed by atoms with E-state index in [4.69, 9.17) is 4.74 Å². The fourth-order valence-electron chi connectivity index (χ4n) is 5.04. The van der Waals surface area contributed by atoms with Crippen LogP contribution in [0.15, 0.2) is 30.3 Å². The molecule has 4 atom stereocenters. The number of aryl methyl sites for hydroxylation is 1. The maximum absolute atomic E-state index is 12.9. The van der Waals surface area contributed by atoms with Crippen molar-refractivity contribution in [3.63, 3.8) is 0 Å². The molecular formula is C23H31NO2. The molecular weight excluding hydrogens is 322 g/mol. The normalized spacial score (nSPS) is 28.9. The molecule has 0 saturated heterocycles. The van der Waals surface area contributed by atoms with E-state index < -0.39 is 0 Å². The van der Waals surface area contributed by atoms with Crippen molar-refractivity contribution in [1.29, 1.82) is 0 Å². The molecule has 1 aliphatic carbocycles. The van der Waals surface area contributed by atoms with E-state index in [2.05, 4.69) is 55.7 Å². The number of nitrogens with zero attached hydrogens (tertiary/aromatic N) is 1. The fourth-order valence-corrected chi connectivity index (χ4v) is 5.04. The fraction of sp³-hybridized carbons (Fsp3) is 0.609. The first-order chi connectivity index (χ1) is 12.5. The Morgan fingerprint density at radius 2 is 2.00 bits per heavy atom. The molecule has 1 aliphatic heterocycles. The van der Waals surface area contributed by atoms with Gasteiger partial charge in [-0.25, -0.2) is 0 Å². The van der Waals surface area contributed by atoms with E-state index in [1.165, 1.54) is 29.4 Å². The maximum Gasteiger partial charge on any atom is 0.309 e. The Labute approximate surface area is 156 Å². The first kappa shape index (κ1) is 17.6. The monoisotopic (exact) mass is 353 g/mol. The molecule has 26 heavy (non-hydrogen) atoms. The first-order valence-electron chi connectivity index (χ1n) is 10.3. The number of rotatable bonds is 3. The van der Waals surface area contributed by atoms with Gasteiger partial charge in [0.05, 0.1) is 5.92 Å². The van der Waals surface area contributed by atoms with E-state index in [1.54, 1.807) is 0 Å². The van der Waals surface area contributed by atoms with Crippen molar-refractivity contribution in [3.8, 4) is 0 Å². The standard InChI is InChI=1S/C23H31NO2/c1-15(2)20-9-8-16(3)12-22(20)26-23(25)18-10-11-24-19(14-18)13-17-6-4-5-7-21(17)24/h4-7,13,15-16,18,20,22H,8-12,14H2,1-3H3/t16?,18-,20?,22?/m0/s1. The van der Waals surface area contributed by atoms with Crippen molar-refractivity contribution >= 4 is 16.9 Å². The summed E-state index contributed by atoms with van der Waals surface area (Å²) in [6, 6.07) is 10.7. The number of fused-ring (bicyclic) bond motifs is 3. The van der Waals surface area contributed by atoms with Crippen LogP contribution in [-0.4, -0.2) is 16.6 Å². The Morgan fingerprint density at radius 1 is 1.19 bits per heavy atom. The molecule has 2 aromatic rings. The minimum Gasteiger partial charge on any atom is -0.462 e. The van der Waals surface area contributed by atoms with E-state index in [0.717, 1.165) is 25.8 Å². The van der Waals surface area contributed by atoms with Gasteiger partial charge in [-0.05, 0) is 54.5 Å². The van der Waals surface area contributed by atoms with Crippen LogP contribution in [0.1, 0.15) is 52.1 Å². The second-order valence-corrected chi connectivity index (χ2v) is 8.84. The molecule has 0 spiro atoms. The zero-order valence-corrected chi connectivity index (χ0v) is 16.3.